The second kappa shape index (κ2) is 5.31. The minimum absolute atomic E-state index is 0.142. The quantitative estimate of drug-likeness (QED) is 0.697. The third kappa shape index (κ3) is 2.49. The summed E-state index contributed by atoms with van der Waals surface area (Å²) in [7, 11) is 0. The van der Waals surface area contributed by atoms with E-state index in [0.717, 1.165) is 18.2 Å². The number of unbranched alkanes of at least 4 members (excludes halogenated alkanes) is 1. The molecule has 0 atom stereocenters. The summed E-state index contributed by atoms with van der Waals surface area (Å²) in [5, 5.41) is 1.33. The third-order valence-electron chi connectivity index (χ3n) is 2.48. The first-order valence-corrected chi connectivity index (χ1v) is 6.31. The molecule has 5 heteroatoms. The lowest BCUT2D eigenvalue weighted by Gasteiger charge is -2.10. The van der Waals surface area contributed by atoms with Crippen LogP contribution in [0.2, 0.25) is 0 Å². The van der Waals surface area contributed by atoms with E-state index in [2.05, 4.69) is 32.8 Å². The topological polar surface area (TPSA) is 55.0 Å². The Bertz CT molecular complexity index is 580. The Morgan fingerprint density at radius 3 is 3.06 bits per heavy atom. The fourth-order valence-electron chi connectivity index (χ4n) is 1.58. The monoisotopic (exact) mass is 296 g/mol. The van der Waals surface area contributed by atoms with Gasteiger partial charge in [0.1, 0.15) is 4.60 Å². The predicted molar refractivity (Wildman–Crippen MR) is 70.5 cm³/mol. The number of aromatic nitrogens is 2. The molecule has 0 amide bonds. The summed E-state index contributed by atoms with van der Waals surface area (Å²) in [5.41, 5.74) is -0.142. The molecular weight excluding hydrogens is 284 g/mol. The van der Waals surface area contributed by atoms with E-state index in [4.69, 9.17) is 4.74 Å². The van der Waals surface area contributed by atoms with E-state index in [0.29, 0.717) is 22.3 Å². The second-order valence-electron chi connectivity index (χ2n) is 3.72. The van der Waals surface area contributed by atoms with Crippen LogP contribution in [0.15, 0.2) is 27.9 Å². The highest BCUT2D eigenvalue weighted by Crippen LogP contribution is 2.29. The largest absolute Gasteiger partial charge is 0.490 e. The minimum atomic E-state index is -0.142. The van der Waals surface area contributed by atoms with Crippen LogP contribution in [0.25, 0.3) is 10.8 Å². The Kier molecular flexibility index (Phi) is 3.78. The molecule has 2 aromatic rings. The molecule has 4 nitrogen and oxygen atoms in total. The number of rotatable bonds is 4. The van der Waals surface area contributed by atoms with E-state index in [1.54, 1.807) is 18.5 Å². The molecule has 0 aliphatic carbocycles. The van der Waals surface area contributed by atoms with E-state index in [9.17, 15) is 4.79 Å². The molecule has 2 rings (SSSR count). The highest BCUT2D eigenvalue weighted by Gasteiger charge is 2.10. The molecule has 0 aliphatic rings. The average Bonchev–Trinajstić information content (AvgIpc) is 2.33. The summed E-state index contributed by atoms with van der Waals surface area (Å²) >= 11 is 3.31. The summed E-state index contributed by atoms with van der Waals surface area (Å²) in [6.45, 7) is 2.73. The van der Waals surface area contributed by atoms with E-state index in [-0.39, 0.29) is 5.56 Å². The summed E-state index contributed by atoms with van der Waals surface area (Å²) < 4.78 is 6.26. The standard InChI is InChI=1S/C12H13BrN2O2/c1-2-3-6-17-10-9-7-14-5-4-8(9)12(16)15-11(10)13/h4-5,7H,2-3,6H2,1H3,(H,15,16). The number of fused-ring (bicyclic) bond motifs is 1. The van der Waals surface area contributed by atoms with Crippen molar-refractivity contribution < 1.29 is 4.74 Å². The number of nitrogens with zero attached hydrogens (tertiary/aromatic N) is 1. The van der Waals surface area contributed by atoms with Gasteiger partial charge in [0.2, 0.25) is 0 Å². The highest BCUT2D eigenvalue weighted by atomic mass is 79.9. The zero-order chi connectivity index (χ0) is 12.3. The van der Waals surface area contributed by atoms with Crippen LogP contribution in [0, 0.1) is 0 Å². The molecule has 17 heavy (non-hydrogen) atoms. The zero-order valence-electron chi connectivity index (χ0n) is 9.50. The van der Waals surface area contributed by atoms with Gasteiger partial charge in [-0.2, -0.15) is 0 Å². The maximum absolute atomic E-state index is 11.7. The lowest BCUT2D eigenvalue weighted by molar-refractivity contribution is 0.309. The predicted octanol–water partition coefficient (Wildman–Crippen LogP) is 2.86. The number of aromatic amines is 1. The van der Waals surface area contributed by atoms with Crippen LogP contribution in [0.5, 0.6) is 5.75 Å². The molecule has 1 N–H and O–H groups in total. The van der Waals surface area contributed by atoms with Gasteiger partial charge in [0, 0.05) is 12.4 Å². The van der Waals surface area contributed by atoms with Gasteiger partial charge in [-0.3, -0.25) is 9.78 Å². The molecule has 0 aromatic carbocycles. The smallest absolute Gasteiger partial charge is 0.257 e. The highest BCUT2D eigenvalue weighted by molar-refractivity contribution is 9.10. The molecular formula is C12H13BrN2O2. The van der Waals surface area contributed by atoms with Crippen molar-refractivity contribution in [3.8, 4) is 5.75 Å². The first kappa shape index (κ1) is 12.1. The van der Waals surface area contributed by atoms with Crippen molar-refractivity contribution in [2.24, 2.45) is 0 Å². The maximum atomic E-state index is 11.7. The Morgan fingerprint density at radius 2 is 2.29 bits per heavy atom. The van der Waals surface area contributed by atoms with E-state index in [1.165, 1.54) is 0 Å². The van der Waals surface area contributed by atoms with Crippen molar-refractivity contribution in [3.63, 3.8) is 0 Å². The third-order valence-corrected chi connectivity index (χ3v) is 3.04. The number of halogens is 1. The van der Waals surface area contributed by atoms with Gasteiger partial charge in [-0.25, -0.2) is 0 Å². The van der Waals surface area contributed by atoms with Gasteiger partial charge in [-0.15, -0.1) is 0 Å². The van der Waals surface area contributed by atoms with Gasteiger partial charge >= 0.3 is 0 Å². The molecule has 0 saturated carbocycles. The van der Waals surface area contributed by atoms with Gasteiger partial charge in [0.25, 0.3) is 5.56 Å². The van der Waals surface area contributed by atoms with Crippen LogP contribution >= 0.6 is 15.9 Å². The average molecular weight is 297 g/mol. The van der Waals surface area contributed by atoms with E-state index >= 15 is 0 Å². The van der Waals surface area contributed by atoms with Crippen LogP contribution in [-0.2, 0) is 0 Å². The number of nitrogens with one attached hydrogen (secondary N) is 1. The van der Waals surface area contributed by atoms with Crippen molar-refractivity contribution >= 4 is 26.7 Å². The number of pyridine rings is 2. The molecule has 0 fully saturated rings. The number of hydrogen-bond donors (Lipinski definition) is 1. The maximum Gasteiger partial charge on any atom is 0.257 e. The number of H-pyrrole nitrogens is 1. The van der Waals surface area contributed by atoms with Crippen LogP contribution in [-0.4, -0.2) is 16.6 Å². The molecule has 90 valence electrons. The normalized spacial score (nSPS) is 10.7. The van der Waals surface area contributed by atoms with E-state index < -0.39 is 0 Å². The molecule has 0 unspecified atom stereocenters. The fourth-order valence-corrected chi connectivity index (χ4v) is 2.08. The van der Waals surface area contributed by atoms with Crippen molar-refractivity contribution in [2.75, 3.05) is 6.61 Å². The first-order chi connectivity index (χ1) is 8.24. The van der Waals surface area contributed by atoms with Crippen LogP contribution in [0.4, 0.5) is 0 Å². The zero-order valence-corrected chi connectivity index (χ0v) is 11.1. The summed E-state index contributed by atoms with van der Waals surface area (Å²) in [6.07, 6.45) is 5.29. The van der Waals surface area contributed by atoms with E-state index in [1.807, 2.05) is 0 Å². The first-order valence-electron chi connectivity index (χ1n) is 5.52. The van der Waals surface area contributed by atoms with Gasteiger partial charge < -0.3 is 9.72 Å². The van der Waals surface area contributed by atoms with Gasteiger partial charge in [0.15, 0.2) is 5.75 Å². The summed E-state index contributed by atoms with van der Waals surface area (Å²) in [6, 6.07) is 1.69. The number of hydrogen-bond acceptors (Lipinski definition) is 3. The molecule has 0 radical (unpaired) electrons. The minimum Gasteiger partial charge on any atom is -0.490 e. The summed E-state index contributed by atoms with van der Waals surface area (Å²) in [5.74, 6) is 0.654. The van der Waals surface area contributed by atoms with Gasteiger partial charge in [-0.1, -0.05) is 13.3 Å². The Balaban J connectivity index is 2.49. The molecule has 0 aliphatic heterocycles. The van der Waals surface area contributed by atoms with Crippen molar-refractivity contribution in [2.45, 2.75) is 19.8 Å². The van der Waals surface area contributed by atoms with Gasteiger partial charge in [-0.05, 0) is 28.4 Å². The van der Waals surface area contributed by atoms with Crippen LogP contribution in [0.1, 0.15) is 19.8 Å². The molecule has 2 aromatic heterocycles. The molecule has 2 heterocycles. The Labute approximate surface area is 107 Å². The van der Waals surface area contributed by atoms with Crippen molar-refractivity contribution in [3.05, 3.63) is 33.4 Å². The number of ether oxygens (including phenoxy) is 1. The van der Waals surface area contributed by atoms with Crippen LogP contribution < -0.4 is 10.3 Å². The second-order valence-corrected chi connectivity index (χ2v) is 4.51. The van der Waals surface area contributed by atoms with Gasteiger partial charge in [0.05, 0.1) is 17.4 Å². The lowest BCUT2D eigenvalue weighted by atomic mass is 10.2. The Hall–Kier alpha value is -1.36. The fraction of sp³-hybridized carbons (Fsp3) is 0.333. The SMILES string of the molecule is CCCCOc1c(Br)[nH]c(=O)c2ccncc12. The molecule has 0 spiro atoms. The summed E-state index contributed by atoms with van der Waals surface area (Å²) in [4.78, 5) is 18.5. The molecule has 0 saturated heterocycles. The van der Waals surface area contributed by atoms with Crippen LogP contribution in [0.3, 0.4) is 0 Å². The van der Waals surface area contributed by atoms with Crippen molar-refractivity contribution in [1.82, 2.24) is 9.97 Å². The Morgan fingerprint density at radius 1 is 1.47 bits per heavy atom. The molecule has 0 bridgehead atoms. The lowest BCUT2D eigenvalue weighted by Crippen LogP contribution is -2.09. The van der Waals surface area contributed by atoms with Crippen molar-refractivity contribution in [1.29, 1.82) is 0 Å².